The first kappa shape index (κ1) is 26.1. The zero-order chi connectivity index (χ0) is 24.7. The Kier molecular flexibility index (Phi) is 9.40. The molecule has 178 valence electrons. The molecule has 3 rings (SSSR count). The van der Waals surface area contributed by atoms with Gasteiger partial charge >= 0.3 is 0 Å². The number of hydrogen-bond donors (Lipinski definition) is 1. The van der Waals surface area contributed by atoms with Crippen LogP contribution in [-0.4, -0.2) is 28.8 Å². The van der Waals surface area contributed by atoms with E-state index in [9.17, 15) is 9.59 Å². The SMILES string of the molecule is CC(C)NC(=O)[C@@H](Cc1ccccc1)N(Cc1c(Cl)cccc1Cl)C(=O)Cc1cccc(Cl)c1. The first-order valence-corrected chi connectivity index (χ1v) is 12.2. The highest BCUT2D eigenvalue weighted by atomic mass is 35.5. The van der Waals surface area contributed by atoms with Crippen molar-refractivity contribution in [3.8, 4) is 0 Å². The summed E-state index contributed by atoms with van der Waals surface area (Å²) in [6, 6.07) is 21.1. The Labute approximate surface area is 215 Å². The zero-order valence-corrected chi connectivity index (χ0v) is 21.4. The quantitative estimate of drug-likeness (QED) is 0.359. The van der Waals surface area contributed by atoms with Crippen molar-refractivity contribution in [3.05, 3.63) is 105 Å². The minimum atomic E-state index is -0.760. The summed E-state index contributed by atoms with van der Waals surface area (Å²) < 4.78 is 0. The van der Waals surface area contributed by atoms with Gasteiger partial charge in [0.2, 0.25) is 11.8 Å². The second-order valence-corrected chi connectivity index (χ2v) is 9.65. The van der Waals surface area contributed by atoms with Gasteiger partial charge in [-0.15, -0.1) is 0 Å². The summed E-state index contributed by atoms with van der Waals surface area (Å²) in [5.41, 5.74) is 2.30. The maximum absolute atomic E-state index is 13.7. The van der Waals surface area contributed by atoms with Crippen molar-refractivity contribution >= 4 is 46.6 Å². The van der Waals surface area contributed by atoms with Gasteiger partial charge in [0.15, 0.2) is 0 Å². The van der Waals surface area contributed by atoms with E-state index in [1.54, 1.807) is 41.3 Å². The molecule has 0 aromatic heterocycles. The van der Waals surface area contributed by atoms with E-state index in [0.29, 0.717) is 27.1 Å². The molecule has 3 aromatic carbocycles. The molecule has 0 heterocycles. The molecule has 1 atom stereocenters. The van der Waals surface area contributed by atoms with Crippen LogP contribution in [0.5, 0.6) is 0 Å². The first-order valence-electron chi connectivity index (χ1n) is 11.1. The van der Waals surface area contributed by atoms with Gasteiger partial charge in [0.05, 0.1) is 6.42 Å². The third-order valence-electron chi connectivity index (χ3n) is 5.34. The molecule has 0 spiro atoms. The van der Waals surface area contributed by atoms with Crippen LogP contribution in [0.1, 0.15) is 30.5 Å². The maximum Gasteiger partial charge on any atom is 0.243 e. The number of halogens is 3. The summed E-state index contributed by atoms with van der Waals surface area (Å²) in [4.78, 5) is 28.6. The van der Waals surface area contributed by atoms with Crippen molar-refractivity contribution in [1.29, 1.82) is 0 Å². The molecule has 0 bridgehead atoms. The second kappa shape index (κ2) is 12.3. The molecule has 0 aliphatic carbocycles. The zero-order valence-electron chi connectivity index (χ0n) is 19.1. The number of hydrogen-bond acceptors (Lipinski definition) is 2. The van der Waals surface area contributed by atoms with Crippen LogP contribution in [0, 0.1) is 0 Å². The molecule has 0 fully saturated rings. The third kappa shape index (κ3) is 7.23. The fraction of sp³-hybridized carbons (Fsp3) is 0.259. The summed E-state index contributed by atoms with van der Waals surface area (Å²) in [6.07, 6.45) is 0.436. The average Bonchev–Trinajstić information content (AvgIpc) is 2.78. The molecule has 0 aliphatic rings. The van der Waals surface area contributed by atoms with Crippen molar-refractivity contribution in [2.45, 2.75) is 45.3 Å². The minimum Gasteiger partial charge on any atom is -0.352 e. The van der Waals surface area contributed by atoms with Crippen LogP contribution < -0.4 is 5.32 Å². The summed E-state index contributed by atoms with van der Waals surface area (Å²) in [5, 5.41) is 4.39. The fourth-order valence-corrected chi connectivity index (χ4v) is 4.44. The number of nitrogens with one attached hydrogen (secondary N) is 1. The van der Waals surface area contributed by atoms with Gasteiger partial charge in [0.1, 0.15) is 6.04 Å². The van der Waals surface area contributed by atoms with Gasteiger partial charge in [0, 0.05) is 39.6 Å². The summed E-state index contributed by atoms with van der Waals surface area (Å²) in [7, 11) is 0. The van der Waals surface area contributed by atoms with Crippen LogP contribution in [-0.2, 0) is 29.0 Å². The largest absolute Gasteiger partial charge is 0.352 e. The average molecular weight is 518 g/mol. The van der Waals surface area contributed by atoms with E-state index in [0.717, 1.165) is 11.1 Å². The monoisotopic (exact) mass is 516 g/mol. The lowest BCUT2D eigenvalue weighted by Gasteiger charge is -2.32. The van der Waals surface area contributed by atoms with Gasteiger partial charge in [0.25, 0.3) is 0 Å². The molecule has 2 amide bonds. The molecule has 34 heavy (non-hydrogen) atoms. The Balaban J connectivity index is 2.02. The van der Waals surface area contributed by atoms with Gasteiger partial charge < -0.3 is 10.2 Å². The predicted molar refractivity (Wildman–Crippen MR) is 139 cm³/mol. The molecule has 0 unspecified atom stereocenters. The van der Waals surface area contributed by atoms with Gasteiger partial charge in [-0.3, -0.25) is 9.59 Å². The molecule has 1 N–H and O–H groups in total. The van der Waals surface area contributed by atoms with Crippen molar-refractivity contribution in [1.82, 2.24) is 10.2 Å². The Hall–Kier alpha value is -2.53. The molecular weight excluding hydrogens is 491 g/mol. The maximum atomic E-state index is 13.7. The highest BCUT2D eigenvalue weighted by Gasteiger charge is 2.31. The lowest BCUT2D eigenvalue weighted by atomic mass is 10.0. The highest BCUT2D eigenvalue weighted by Crippen LogP contribution is 2.27. The van der Waals surface area contributed by atoms with E-state index >= 15 is 0 Å². The topological polar surface area (TPSA) is 49.4 Å². The predicted octanol–water partition coefficient (Wildman–Crippen LogP) is 6.35. The van der Waals surface area contributed by atoms with E-state index in [1.807, 2.05) is 50.2 Å². The third-order valence-corrected chi connectivity index (χ3v) is 6.28. The summed E-state index contributed by atoms with van der Waals surface area (Å²) in [5.74, 6) is -0.459. The molecule has 0 saturated heterocycles. The van der Waals surface area contributed by atoms with E-state index in [4.69, 9.17) is 34.8 Å². The molecule has 0 aliphatic heterocycles. The van der Waals surface area contributed by atoms with Crippen LogP contribution in [0.25, 0.3) is 0 Å². The summed E-state index contributed by atoms with van der Waals surface area (Å²) in [6.45, 7) is 3.88. The Morgan fingerprint density at radius 3 is 2.09 bits per heavy atom. The molecule has 7 heteroatoms. The lowest BCUT2D eigenvalue weighted by Crippen LogP contribution is -2.52. The van der Waals surface area contributed by atoms with E-state index in [-0.39, 0.29) is 30.8 Å². The van der Waals surface area contributed by atoms with Gasteiger partial charge in [-0.25, -0.2) is 0 Å². The van der Waals surface area contributed by atoms with E-state index < -0.39 is 6.04 Å². The van der Waals surface area contributed by atoms with E-state index in [2.05, 4.69) is 5.32 Å². The molecule has 0 saturated carbocycles. The Morgan fingerprint density at radius 1 is 0.853 bits per heavy atom. The highest BCUT2D eigenvalue weighted by molar-refractivity contribution is 6.36. The fourth-order valence-electron chi connectivity index (χ4n) is 3.71. The number of carbonyl (C=O) groups is 2. The minimum absolute atomic E-state index is 0.0837. The smallest absolute Gasteiger partial charge is 0.243 e. The molecular formula is C27H27Cl3N2O2. The Bertz CT molecular complexity index is 1120. The second-order valence-electron chi connectivity index (χ2n) is 8.40. The molecule has 0 radical (unpaired) electrons. The number of rotatable bonds is 9. The van der Waals surface area contributed by atoms with Crippen molar-refractivity contribution < 1.29 is 9.59 Å². The van der Waals surface area contributed by atoms with Crippen LogP contribution in [0.3, 0.4) is 0 Å². The van der Waals surface area contributed by atoms with Crippen molar-refractivity contribution in [2.75, 3.05) is 0 Å². The summed E-state index contributed by atoms with van der Waals surface area (Å²) >= 11 is 19.0. The number of nitrogens with zero attached hydrogens (tertiary/aromatic N) is 1. The van der Waals surface area contributed by atoms with Crippen molar-refractivity contribution in [2.24, 2.45) is 0 Å². The van der Waals surface area contributed by atoms with Gasteiger partial charge in [-0.1, -0.05) is 83.3 Å². The van der Waals surface area contributed by atoms with Gasteiger partial charge in [-0.05, 0) is 49.2 Å². The van der Waals surface area contributed by atoms with Crippen molar-refractivity contribution in [3.63, 3.8) is 0 Å². The molecule has 3 aromatic rings. The van der Waals surface area contributed by atoms with E-state index in [1.165, 1.54) is 0 Å². The van der Waals surface area contributed by atoms with Crippen LogP contribution in [0.15, 0.2) is 72.8 Å². The van der Waals surface area contributed by atoms with Crippen LogP contribution in [0.4, 0.5) is 0 Å². The van der Waals surface area contributed by atoms with Crippen LogP contribution in [0.2, 0.25) is 15.1 Å². The first-order chi connectivity index (χ1) is 16.2. The number of benzene rings is 3. The van der Waals surface area contributed by atoms with Crippen LogP contribution >= 0.6 is 34.8 Å². The van der Waals surface area contributed by atoms with Gasteiger partial charge in [-0.2, -0.15) is 0 Å². The normalized spacial score (nSPS) is 11.8. The number of amides is 2. The molecule has 4 nitrogen and oxygen atoms in total. The lowest BCUT2D eigenvalue weighted by molar-refractivity contribution is -0.141. The number of carbonyl (C=O) groups excluding carboxylic acids is 2. The Morgan fingerprint density at radius 2 is 1.47 bits per heavy atom. The standard InChI is InChI=1S/C27H27Cl3N2O2/c1-18(2)31-27(34)25(15-19-8-4-3-5-9-19)32(17-22-23(29)12-7-13-24(22)30)26(33)16-20-10-6-11-21(28)14-20/h3-14,18,25H,15-17H2,1-2H3,(H,31,34)/t25-/m1/s1.